The third-order valence-corrected chi connectivity index (χ3v) is 13.1. The second-order valence-electron chi connectivity index (χ2n) is 15.9. The monoisotopic (exact) mass is 701 g/mol. The van der Waals surface area contributed by atoms with Crippen molar-refractivity contribution in [1.29, 1.82) is 0 Å². The molecule has 2 unspecified atom stereocenters. The van der Waals surface area contributed by atoms with Crippen LogP contribution in [0.3, 0.4) is 0 Å². The molecule has 0 aromatic heterocycles. The molecule has 260 valence electrons. The minimum absolute atomic E-state index is 0.223. The molecule has 12 rings (SSSR count). The molecule has 1 heterocycles. The van der Waals surface area contributed by atoms with Gasteiger partial charge in [0.05, 0.1) is 5.69 Å². The third-order valence-electron chi connectivity index (χ3n) is 13.1. The number of hydrogen-bond acceptors (Lipinski definition) is 1. The van der Waals surface area contributed by atoms with E-state index in [9.17, 15) is 0 Å². The second kappa shape index (κ2) is 12.1. The molecule has 3 aliphatic carbocycles. The number of aliphatic imine (C=N–C) groups is 1. The van der Waals surface area contributed by atoms with Gasteiger partial charge in [0.15, 0.2) is 0 Å². The molecule has 0 amide bonds. The molecular weight excluding hydrogens is 663 g/mol. The number of rotatable bonds is 2. The molecule has 8 aromatic carbocycles. The van der Waals surface area contributed by atoms with Crippen LogP contribution in [-0.2, 0) is 12.8 Å². The molecule has 0 spiro atoms. The Morgan fingerprint density at radius 1 is 0.473 bits per heavy atom. The smallest absolute Gasteiger partial charge is 0.0708 e. The van der Waals surface area contributed by atoms with Crippen molar-refractivity contribution in [3.05, 3.63) is 203 Å². The van der Waals surface area contributed by atoms with E-state index in [-0.39, 0.29) is 5.92 Å². The van der Waals surface area contributed by atoms with Crippen LogP contribution in [0.5, 0.6) is 0 Å². The van der Waals surface area contributed by atoms with Crippen LogP contribution in [0.4, 0.5) is 5.69 Å². The van der Waals surface area contributed by atoms with Crippen LogP contribution in [0, 0.1) is 0 Å². The van der Waals surface area contributed by atoms with Gasteiger partial charge in [-0.15, -0.1) is 0 Å². The zero-order valence-corrected chi connectivity index (χ0v) is 30.7. The molecule has 1 nitrogen and oxygen atoms in total. The summed E-state index contributed by atoms with van der Waals surface area (Å²) in [6.07, 6.45) is 7.58. The summed E-state index contributed by atoms with van der Waals surface area (Å²) in [5, 5.41) is 5.18. The van der Waals surface area contributed by atoms with Crippen LogP contribution >= 0.6 is 0 Å². The van der Waals surface area contributed by atoms with Gasteiger partial charge in [-0.25, -0.2) is 0 Å². The van der Waals surface area contributed by atoms with Gasteiger partial charge in [0, 0.05) is 28.7 Å². The maximum absolute atomic E-state index is 5.57. The molecule has 2 atom stereocenters. The van der Waals surface area contributed by atoms with Gasteiger partial charge in [0.1, 0.15) is 0 Å². The topological polar surface area (TPSA) is 12.4 Å². The summed E-state index contributed by atoms with van der Waals surface area (Å²) in [7, 11) is 0. The van der Waals surface area contributed by atoms with Gasteiger partial charge in [0.2, 0.25) is 0 Å². The molecular formula is C54H39N. The average Bonchev–Trinajstić information content (AvgIpc) is 3.39. The Bertz CT molecular complexity index is 2970. The number of benzene rings is 8. The summed E-state index contributed by atoms with van der Waals surface area (Å²) in [5.74, 6) is 0.578. The molecule has 0 N–H and O–H groups in total. The zero-order chi connectivity index (χ0) is 36.0. The Balaban J connectivity index is 1.11. The average molecular weight is 702 g/mol. The van der Waals surface area contributed by atoms with Gasteiger partial charge < -0.3 is 0 Å². The molecule has 1 heteroatoms. The van der Waals surface area contributed by atoms with Crippen molar-refractivity contribution in [2.45, 2.75) is 43.9 Å². The standard InChI is InChI=1S/C54H39N/c1-2-16-36-30-46-45(29-35(36)15-1)47-31-50-48(46)32-49-38-19-6-4-14-34(38)27-28-44(54(49)53(50)43-22-8-7-20-40(43)47)39-23-12-26-52(55-51-25-10-9-21-42(39)51)41-24-11-17-33-13-3-5-18-37(33)41/h1-11,13-25,29-30,32,44,47H,12,26-28,31H2. The molecule has 55 heavy (non-hydrogen) atoms. The van der Waals surface area contributed by atoms with Crippen molar-refractivity contribution in [3.8, 4) is 33.4 Å². The van der Waals surface area contributed by atoms with E-state index >= 15 is 0 Å². The van der Waals surface area contributed by atoms with Crippen LogP contribution < -0.4 is 0 Å². The quantitative estimate of drug-likeness (QED) is 0.170. The summed E-state index contributed by atoms with van der Waals surface area (Å²) in [6, 6.07) is 59.4. The van der Waals surface area contributed by atoms with Gasteiger partial charge in [0.25, 0.3) is 0 Å². The predicted molar refractivity (Wildman–Crippen MR) is 231 cm³/mol. The normalized spacial score (nSPS) is 17.7. The first-order chi connectivity index (χ1) is 27.3. The van der Waals surface area contributed by atoms with Gasteiger partial charge in [-0.3, -0.25) is 4.99 Å². The van der Waals surface area contributed by atoms with E-state index < -0.39 is 0 Å². The lowest BCUT2D eigenvalue weighted by Crippen LogP contribution is -2.21. The summed E-state index contributed by atoms with van der Waals surface area (Å²) in [6.45, 7) is 0. The van der Waals surface area contributed by atoms with E-state index in [0.29, 0.717) is 5.92 Å². The molecule has 0 fully saturated rings. The van der Waals surface area contributed by atoms with Crippen LogP contribution in [-0.4, -0.2) is 5.71 Å². The highest BCUT2D eigenvalue weighted by Gasteiger charge is 2.39. The van der Waals surface area contributed by atoms with E-state index in [1.807, 2.05) is 0 Å². The first-order valence-electron chi connectivity index (χ1n) is 20.0. The number of hydrogen-bond donors (Lipinski definition) is 0. The molecule has 0 radical (unpaired) electrons. The van der Waals surface area contributed by atoms with Crippen molar-refractivity contribution in [3.63, 3.8) is 0 Å². The molecule has 0 saturated heterocycles. The van der Waals surface area contributed by atoms with Crippen LogP contribution in [0.15, 0.2) is 169 Å². The lowest BCUT2D eigenvalue weighted by Gasteiger charge is -2.39. The zero-order valence-electron chi connectivity index (χ0n) is 30.7. The number of nitrogens with zero attached hydrogens (tertiary/aromatic N) is 1. The highest BCUT2D eigenvalue weighted by atomic mass is 14.8. The van der Waals surface area contributed by atoms with Gasteiger partial charge in [-0.2, -0.15) is 0 Å². The van der Waals surface area contributed by atoms with E-state index in [0.717, 1.165) is 37.8 Å². The van der Waals surface area contributed by atoms with E-state index in [4.69, 9.17) is 4.99 Å². The summed E-state index contributed by atoms with van der Waals surface area (Å²) in [4.78, 5) is 5.57. The van der Waals surface area contributed by atoms with Gasteiger partial charge in [-0.1, -0.05) is 140 Å². The van der Waals surface area contributed by atoms with Crippen molar-refractivity contribution in [1.82, 2.24) is 0 Å². The maximum Gasteiger partial charge on any atom is 0.0708 e. The lowest BCUT2D eigenvalue weighted by molar-refractivity contribution is 0.747. The Kier molecular flexibility index (Phi) is 6.84. The van der Waals surface area contributed by atoms with Gasteiger partial charge >= 0.3 is 0 Å². The summed E-state index contributed by atoms with van der Waals surface area (Å²) < 4.78 is 0. The highest BCUT2D eigenvalue weighted by Crippen LogP contribution is 2.59. The first-order valence-corrected chi connectivity index (χ1v) is 20.0. The van der Waals surface area contributed by atoms with Crippen LogP contribution in [0.2, 0.25) is 0 Å². The Hall–Kier alpha value is -6.31. The fraction of sp³-hybridized carbons (Fsp3) is 0.130. The summed E-state index contributed by atoms with van der Waals surface area (Å²) in [5.41, 5.74) is 22.2. The number of allylic oxidation sites excluding steroid dienone is 2. The fourth-order valence-electron chi connectivity index (χ4n) is 10.7. The van der Waals surface area contributed by atoms with Crippen LogP contribution in [0.25, 0.3) is 60.5 Å². The molecule has 8 aromatic rings. The predicted octanol–water partition coefficient (Wildman–Crippen LogP) is 14.0. The van der Waals surface area contributed by atoms with E-state index in [1.54, 1.807) is 0 Å². The Morgan fingerprint density at radius 2 is 1.18 bits per heavy atom. The Morgan fingerprint density at radius 3 is 2.09 bits per heavy atom. The Labute approximate surface area is 322 Å². The fourth-order valence-corrected chi connectivity index (χ4v) is 10.7. The van der Waals surface area contributed by atoms with Crippen molar-refractivity contribution in [2.24, 2.45) is 4.99 Å². The molecule has 4 aliphatic rings. The second-order valence-corrected chi connectivity index (χ2v) is 15.9. The minimum atomic E-state index is 0.223. The lowest BCUT2D eigenvalue weighted by atomic mass is 9.64. The first kappa shape index (κ1) is 31.1. The highest BCUT2D eigenvalue weighted by molar-refractivity contribution is 6.12. The van der Waals surface area contributed by atoms with Gasteiger partial charge in [-0.05, 0) is 145 Å². The van der Waals surface area contributed by atoms with Crippen molar-refractivity contribution < 1.29 is 0 Å². The maximum atomic E-state index is 5.57. The largest absolute Gasteiger partial charge is 0.252 e. The minimum Gasteiger partial charge on any atom is -0.252 e. The van der Waals surface area contributed by atoms with Crippen molar-refractivity contribution >= 4 is 38.5 Å². The molecule has 2 bridgehead atoms. The number of para-hydroxylation sites is 1. The van der Waals surface area contributed by atoms with Crippen LogP contribution in [0.1, 0.15) is 70.0 Å². The number of fused-ring (bicyclic) bond motifs is 14. The SMILES string of the molecule is C1=C(C2CCc3ccccc3-c3cc4c5c(c32)-c2ccccc2C(C5)c2cc3ccccc3cc2-4)c2ccccc2N=C(c2cccc3ccccc23)CC1. The number of aryl methyl sites for hydroxylation is 1. The molecule has 0 saturated carbocycles. The molecule has 1 aliphatic heterocycles. The third kappa shape index (κ3) is 4.69. The van der Waals surface area contributed by atoms with E-state index in [1.165, 1.54) is 105 Å². The van der Waals surface area contributed by atoms with Crippen molar-refractivity contribution in [2.75, 3.05) is 0 Å². The summed E-state index contributed by atoms with van der Waals surface area (Å²) >= 11 is 0. The van der Waals surface area contributed by atoms with E-state index in [2.05, 4.69) is 164 Å².